The largest absolute Gasteiger partial charge is 0.326 e. The predicted molar refractivity (Wildman–Crippen MR) is 120 cm³/mol. The lowest BCUT2D eigenvalue weighted by atomic mass is 9.74. The summed E-state index contributed by atoms with van der Waals surface area (Å²) in [6.45, 7) is 1.99. The first-order valence-electron chi connectivity index (χ1n) is 9.50. The average molecular weight is 436 g/mol. The van der Waals surface area contributed by atoms with E-state index in [-0.39, 0.29) is 36.6 Å². The van der Waals surface area contributed by atoms with Gasteiger partial charge in [-0.1, -0.05) is 31.0 Å². The van der Waals surface area contributed by atoms with E-state index < -0.39 is 5.54 Å². The van der Waals surface area contributed by atoms with Gasteiger partial charge < -0.3 is 11.1 Å². The van der Waals surface area contributed by atoms with Crippen molar-refractivity contribution in [3.05, 3.63) is 60.0 Å². The summed E-state index contributed by atoms with van der Waals surface area (Å²) in [7, 11) is 0. The Bertz CT molecular complexity index is 955. The van der Waals surface area contributed by atoms with Gasteiger partial charge in [-0.3, -0.25) is 9.20 Å². The molecule has 2 unspecified atom stereocenters. The van der Waals surface area contributed by atoms with E-state index in [4.69, 9.17) is 5.73 Å². The maximum atomic E-state index is 12.7. The minimum absolute atomic E-state index is 0. The van der Waals surface area contributed by atoms with E-state index in [1.54, 1.807) is 0 Å². The van der Waals surface area contributed by atoms with Gasteiger partial charge in [0.1, 0.15) is 5.82 Å². The summed E-state index contributed by atoms with van der Waals surface area (Å²) in [5.41, 5.74) is 8.69. The van der Waals surface area contributed by atoms with Crippen molar-refractivity contribution in [2.75, 3.05) is 5.32 Å². The topological polar surface area (TPSA) is 85.3 Å². The molecule has 8 heteroatoms. The van der Waals surface area contributed by atoms with Crippen LogP contribution in [0.1, 0.15) is 44.0 Å². The number of aromatic nitrogens is 3. The molecule has 1 amide bonds. The summed E-state index contributed by atoms with van der Waals surface area (Å²) in [5, 5.41) is 11.5. The minimum atomic E-state index is -0.420. The smallest absolute Gasteiger partial charge is 0.229 e. The summed E-state index contributed by atoms with van der Waals surface area (Å²) < 4.78 is 1.99. The van der Waals surface area contributed by atoms with E-state index in [1.165, 1.54) is 0 Å². The number of rotatable bonds is 4. The third kappa shape index (κ3) is 5.07. The molecule has 4 rings (SSSR count). The van der Waals surface area contributed by atoms with Crippen LogP contribution in [0, 0.1) is 5.92 Å². The van der Waals surface area contributed by atoms with Gasteiger partial charge in [0, 0.05) is 23.8 Å². The fourth-order valence-electron chi connectivity index (χ4n) is 3.92. The molecular weight excluding hydrogens is 409 g/mol. The zero-order valence-electron chi connectivity index (χ0n) is 16.4. The average Bonchev–Trinajstić information content (AvgIpc) is 3.06. The molecule has 6 nitrogen and oxygen atoms in total. The van der Waals surface area contributed by atoms with Gasteiger partial charge in [-0.05, 0) is 49.6 Å². The molecule has 2 heterocycles. The highest BCUT2D eigenvalue weighted by Crippen LogP contribution is 2.32. The summed E-state index contributed by atoms with van der Waals surface area (Å²) in [6, 6.07) is 13.8. The lowest BCUT2D eigenvalue weighted by Gasteiger charge is -2.37. The van der Waals surface area contributed by atoms with Crippen LogP contribution in [0.3, 0.4) is 0 Å². The molecule has 3 N–H and O–H groups in total. The molecule has 1 aliphatic rings. The molecule has 0 aliphatic heterocycles. The molecule has 2 atom stereocenters. The Hall–Kier alpha value is -2.15. The lowest BCUT2D eigenvalue weighted by molar-refractivity contribution is -0.122. The van der Waals surface area contributed by atoms with E-state index >= 15 is 0 Å². The summed E-state index contributed by atoms with van der Waals surface area (Å²) in [5.74, 6) is 0.785. The predicted octanol–water partition coefficient (Wildman–Crippen LogP) is 4.01. The number of anilines is 1. The van der Waals surface area contributed by atoms with Crippen LogP contribution < -0.4 is 11.1 Å². The van der Waals surface area contributed by atoms with Crippen LogP contribution in [0.25, 0.3) is 5.65 Å². The SMILES string of the molecule is CC1(N)CCCCC1C(=O)Nc1ccc(Cc2nnc3ccccn23)cc1.Cl.Cl. The number of nitrogens with two attached hydrogens (primary N) is 1. The van der Waals surface area contributed by atoms with Gasteiger partial charge in [0.25, 0.3) is 0 Å². The fourth-order valence-corrected chi connectivity index (χ4v) is 3.92. The number of fused-ring (bicyclic) bond motifs is 1. The number of pyridine rings is 1. The van der Waals surface area contributed by atoms with Gasteiger partial charge >= 0.3 is 0 Å². The number of hydrogen-bond donors (Lipinski definition) is 2. The molecule has 1 aliphatic carbocycles. The highest BCUT2D eigenvalue weighted by Gasteiger charge is 2.37. The Morgan fingerprint density at radius 3 is 2.66 bits per heavy atom. The zero-order valence-corrected chi connectivity index (χ0v) is 18.0. The molecule has 1 aromatic carbocycles. The van der Waals surface area contributed by atoms with Gasteiger partial charge in [0.05, 0.1) is 5.92 Å². The van der Waals surface area contributed by atoms with Gasteiger partial charge in [-0.25, -0.2) is 0 Å². The molecule has 0 saturated heterocycles. The van der Waals surface area contributed by atoms with Crippen molar-refractivity contribution < 1.29 is 4.79 Å². The Kier molecular flexibility index (Phi) is 7.63. The number of hydrogen-bond acceptors (Lipinski definition) is 4. The number of halogens is 2. The molecule has 0 spiro atoms. The molecule has 156 valence electrons. The molecule has 29 heavy (non-hydrogen) atoms. The Morgan fingerprint density at radius 1 is 1.17 bits per heavy atom. The van der Waals surface area contributed by atoms with Crippen LogP contribution in [0.15, 0.2) is 48.7 Å². The Balaban J connectivity index is 0.00000150. The molecule has 1 fully saturated rings. The molecule has 0 radical (unpaired) electrons. The number of carbonyl (C=O) groups excluding carboxylic acids is 1. The minimum Gasteiger partial charge on any atom is -0.326 e. The molecule has 3 aromatic rings. The maximum absolute atomic E-state index is 12.7. The van der Waals surface area contributed by atoms with E-state index in [0.717, 1.165) is 48.4 Å². The molecule has 0 bridgehead atoms. The second kappa shape index (κ2) is 9.57. The van der Waals surface area contributed by atoms with Crippen LogP contribution in [-0.4, -0.2) is 26.0 Å². The molecule has 1 saturated carbocycles. The van der Waals surface area contributed by atoms with Gasteiger partial charge in [-0.15, -0.1) is 35.0 Å². The lowest BCUT2D eigenvalue weighted by Crippen LogP contribution is -2.51. The second-order valence-electron chi connectivity index (χ2n) is 7.71. The fraction of sp³-hybridized carbons (Fsp3) is 0.381. The van der Waals surface area contributed by atoms with Gasteiger partial charge in [-0.2, -0.15) is 0 Å². The van der Waals surface area contributed by atoms with Crippen molar-refractivity contribution in [2.24, 2.45) is 11.7 Å². The first-order valence-corrected chi connectivity index (χ1v) is 9.50. The van der Waals surface area contributed by atoms with E-state index in [9.17, 15) is 4.79 Å². The molecule has 2 aromatic heterocycles. The van der Waals surface area contributed by atoms with Crippen molar-refractivity contribution in [1.82, 2.24) is 14.6 Å². The highest BCUT2D eigenvalue weighted by molar-refractivity contribution is 5.93. The molecular formula is C21H27Cl2N5O. The summed E-state index contributed by atoms with van der Waals surface area (Å²) in [6.07, 6.45) is 6.57. The van der Waals surface area contributed by atoms with Crippen LogP contribution in [-0.2, 0) is 11.2 Å². The third-order valence-corrected chi connectivity index (χ3v) is 5.54. The zero-order chi connectivity index (χ0) is 18.9. The van der Waals surface area contributed by atoms with E-state index in [2.05, 4.69) is 15.5 Å². The van der Waals surface area contributed by atoms with Gasteiger partial charge in [0.15, 0.2) is 5.65 Å². The van der Waals surface area contributed by atoms with Crippen molar-refractivity contribution in [1.29, 1.82) is 0 Å². The second-order valence-corrected chi connectivity index (χ2v) is 7.71. The maximum Gasteiger partial charge on any atom is 0.229 e. The number of amides is 1. The van der Waals surface area contributed by atoms with Crippen LogP contribution in [0.5, 0.6) is 0 Å². The van der Waals surface area contributed by atoms with Crippen LogP contribution >= 0.6 is 24.8 Å². The highest BCUT2D eigenvalue weighted by atomic mass is 35.5. The van der Waals surface area contributed by atoms with Crippen molar-refractivity contribution in [3.8, 4) is 0 Å². The number of nitrogens with one attached hydrogen (secondary N) is 1. The summed E-state index contributed by atoms with van der Waals surface area (Å²) in [4.78, 5) is 12.7. The monoisotopic (exact) mass is 435 g/mol. The van der Waals surface area contributed by atoms with Crippen LogP contribution in [0.2, 0.25) is 0 Å². The Labute approximate surface area is 183 Å². The summed E-state index contributed by atoms with van der Waals surface area (Å²) >= 11 is 0. The quantitative estimate of drug-likeness (QED) is 0.647. The number of nitrogens with zero attached hydrogens (tertiary/aromatic N) is 3. The van der Waals surface area contributed by atoms with Crippen LogP contribution in [0.4, 0.5) is 5.69 Å². The Morgan fingerprint density at radius 2 is 1.93 bits per heavy atom. The van der Waals surface area contributed by atoms with E-state index in [1.807, 2.05) is 60.0 Å². The number of carbonyl (C=O) groups is 1. The first kappa shape index (κ1) is 23.1. The van der Waals surface area contributed by atoms with Crippen molar-refractivity contribution >= 4 is 42.1 Å². The normalized spacial score (nSPS) is 21.1. The third-order valence-electron chi connectivity index (χ3n) is 5.54. The van der Waals surface area contributed by atoms with Gasteiger partial charge in [0.2, 0.25) is 5.91 Å². The van der Waals surface area contributed by atoms with Crippen molar-refractivity contribution in [2.45, 2.75) is 44.6 Å². The van der Waals surface area contributed by atoms with E-state index in [0.29, 0.717) is 6.42 Å². The first-order chi connectivity index (χ1) is 13.0. The van der Waals surface area contributed by atoms with Crippen molar-refractivity contribution in [3.63, 3.8) is 0 Å². The standard InChI is InChI=1S/C21H25N5O.2ClH/c1-21(22)12-4-2-6-17(21)20(27)23-16-10-8-15(9-11-16)14-19-25-24-18-7-3-5-13-26(18)19;;/h3,5,7-11,13,17H,2,4,6,12,14,22H2,1H3,(H,23,27);2*1H. The number of benzene rings is 1.